The van der Waals surface area contributed by atoms with Crippen LogP contribution in [0.15, 0.2) is 107 Å². The summed E-state index contributed by atoms with van der Waals surface area (Å²) in [6.07, 6.45) is -2.09. The lowest BCUT2D eigenvalue weighted by Gasteiger charge is -2.40. The Balaban J connectivity index is 1.69. The molecule has 0 spiro atoms. The summed E-state index contributed by atoms with van der Waals surface area (Å²) in [4.78, 5) is 26.6. The molecule has 1 fully saturated rings. The highest BCUT2D eigenvalue weighted by atomic mass is 16.6. The summed E-state index contributed by atoms with van der Waals surface area (Å²) < 4.78 is 25.8. The van der Waals surface area contributed by atoms with E-state index in [-0.39, 0.29) is 6.61 Å². The van der Waals surface area contributed by atoms with Gasteiger partial charge in [0.2, 0.25) is 0 Å². The zero-order valence-corrected chi connectivity index (χ0v) is 21.6. The van der Waals surface area contributed by atoms with E-state index in [4.69, 9.17) is 18.9 Å². The minimum Gasteiger partial charge on any atom is -0.497 e. The van der Waals surface area contributed by atoms with Crippen molar-refractivity contribution >= 4 is 0 Å². The Morgan fingerprint density at radius 3 is 1.95 bits per heavy atom. The summed E-state index contributed by atoms with van der Waals surface area (Å²) in [5.41, 5.74) is 0.172. The molecule has 2 heterocycles. The highest BCUT2D eigenvalue weighted by molar-refractivity contribution is 5.48. The third-order valence-corrected chi connectivity index (χ3v) is 7.03. The number of nitrogens with one attached hydrogen (secondary N) is 1. The standard InChI is InChI=1S/C30H30N2O7/c1-36-23-15-13-22(14-16-23)30(20-9-5-3-6-10-20,21-11-7-4-8-12-21)39-26-24(19-33)38-28(27(26)37-2)32-18-17-25(34)31-29(32)35/h3-18,24,26-28,33H,19H2,1-2H3,(H,31,34,35)/t24-,26?,27?,28-/m0/s1. The maximum absolute atomic E-state index is 12.7. The van der Waals surface area contributed by atoms with Crippen molar-refractivity contribution in [1.82, 2.24) is 9.55 Å². The zero-order valence-electron chi connectivity index (χ0n) is 21.6. The normalized spacial score (nSPS) is 21.1. The largest absolute Gasteiger partial charge is 0.497 e. The van der Waals surface area contributed by atoms with Crippen LogP contribution in [0.4, 0.5) is 0 Å². The van der Waals surface area contributed by atoms with E-state index in [0.717, 1.165) is 16.7 Å². The number of nitrogens with zero attached hydrogens (tertiary/aromatic N) is 1. The molecule has 1 aliphatic heterocycles. The quantitative estimate of drug-likeness (QED) is 0.320. The van der Waals surface area contributed by atoms with Crippen LogP contribution in [0, 0.1) is 0 Å². The van der Waals surface area contributed by atoms with Gasteiger partial charge in [-0.05, 0) is 28.8 Å². The molecule has 1 aliphatic rings. The average Bonchev–Trinajstić information content (AvgIpc) is 3.33. The fourth-order valence-corrected chi connectivity index (χ4v) is 5.18. The number of aromatic nitrogens is 2. The molecule has 0 radical (unpaired) electrons. The van der Waals surface area contributed by atoms with E-state index in [0.29, 0.717) is 5.75 Å². The van der Waals surface area contributed by atoms with Gasteiger partial charge >= 0.3 is 5.69 Å². The molecular formula is C30H30N2O7. The van der Waals surface area contributed by atoms with Crippen LogP contribution in [0.3, 0.4) is 0 Å². The van der Waals surface area contributed by atoms with Gasteiger partial charge in [0.15, 0.2) is 6.23 Å². The number of hydrogen-bond donors (Lipinski definition) is 2. The second kappa shape index (κ2) is 11.4. The van der Waals surface area contributed by atoms with Crippen molar-refractivity contribution in [1.29, 1.82) is 0 Å². The molecule has 4 aromatic rings. The number of H-pyrrole nitrogens is 1. The van der Waals surface area contributed by atoms with Crippen molar-refractivity contribution in [2.24, 2.45) is 0 Å². The minimum atomic E-state index is -1.15. The third-order valence-electron chi connectivity index (χ3n) is 7.03. The Morgan fingerprint density at radius 1 is 0.846 bits per heavy atom. The monoisotopic (exact) mass is 530 g/mol. The molecule has 0 amide bonds. The van der Waals surface area contributed by atoms with Gasteiger partial charge < -0.3 is 24.1 Å². The number of rotatable bonds is 9. The van der Waals surface area contributed by atoms with Crippen LogP contribution in [-0.2, 0) is 19.8 Å². The maximum atomic E-state index is 12.7. The molecular weight excluding hydrogens is 500 g/mol. The molecule has 3 aromatic carbocycles. The predicted molar refractivity (Wildman–Crippen MR) is 144 cm³/mol. The smallest absolute Gasteiger partial charge is 0.330 e. The van der Waals surface area contributed by atoms with E-state index in [9.17, 15) is 14.7 Å². The molecule has 2 unspecified atom stereocenters. The number of aliphatic hydroxyl groups excluding tert-OH is 1. The van der Waals surface area contributed by atoms with Crippen molar-refractivity contribution in [3.05, 3.63) is 135 Å². The van der Waals surface area contributed by atoms with Crippen LogP contribution in [0.1, 0.15) is 22.9 Å². The molecule has 4 atom stereocenters. The summed E-state index contributed by atoms with van der Waals surface area (Å²) in [5.74, 6) is 0.693. The molecule has 0 saturated carbocycles. The van der Waals surface area contributed by atoms with Crippen LogP contribution in [0.5, 0.6) is 5.75 Å². The van der Waals surface area contributed by atoms with Crippen LogP contribution < -0.4 is 16.0 Å². The fraction of sp³-hybridized carbons (Fsp3) is 0.267. The second-order valence-corrected chi connectivity index (χ2v) is 9.19. The van der Waals surface area contributed by atoms with E-state index in [1.165, 1.54) is 23.9 Å². The van der Waals surface area contributed by atoms with E-state index in [2.05, 4.69) is 4.98 Å². The molecule has 5 rings (SSSR count). The SMILES string of the molecule is COc1ccc(C(OC2C(OC)[C@@H](n3ccc(=O)[nH]c3=O)O[C@H]2CO)(c2ccccc2)c2ccccc2)cc1. The number of aromatic amines is 1. The second-order valence-electron chi connectivity index (χ2n) is 9.19. The van der Waals surface area contributed by atoms with Crippen LogP contribution >= 0.6 is 0 Å². The summed E-state index contributed by atoms with van der Waals surface area (Å²) in [6, 6.07) is 28.4. The van der Waals surface area contributed by atoms with Gasteiger partial charge in [-0.3, -0.25) is 14.3 Å². The van der Waals surface area contributed by atoms with Crippen molar-refractivity contribution in [3.63, 3.8) is 0 Å². The molecule has 1 aromatic heterocycles. The average molecular weight is 531 g/mol. The van der Waals surface area contributed by atoms with Crippen LogP contribution in [0.2, 0.25) is 0 Å². The van der Waals surface area contributed by atoms with Gasteiger partial charge in [0.25, 0.3) is 5.56 Å². The van der Waals surface area contributed by atoms with Gasteiger partial charge in [-0.15, -0.1) is 0 Å². The van der Waals surface area contributed by atoms with E-state index in [1.807, 2.05) is 84.9 Å². The highest BCUT2D eigenvalue weighted by Gasteiger charge is 2.52. The Hall–Kier alpha value is -4.02. The molecule has 0 aliphatic carbocycles. The van der Waals surface area contributed by atoms with Gasteiger partial charge in [0, 0.05) is 19.4 Å². The summed E-state index contributed by atoms with van der Waals surface area (Å²) in [7, 11) is 3.10. The van der Waals surface area contributed by atoms with Crippen molar-refractivity contribution in [2.75, 3.05) is 20.8 Å². The lowest BCUT2D eigenvalue weighted by Crippen LogP contribution is -2.46. The molecule has 9 nitrogen and oxygen atoms in total. The molecule has 9 heteroatoms. The Morgan fingerprint density at radius 2 is 1.44 bits per heavy atom. The van der Waals surface area contributed by atoms with E-state index in [1.54, 1.807) is 7.11 Å². The van der Waals surface area contributed by atoms with Crippen LogP contribution in [-0.4, -0.2) is 53.8 Å². The lowest BCUT2D eigenvalue weighted by molar-refractivity contribution is -0.118. The number of benzene rings is 3. The maximum Gasteiger partial charge on any atom is 0.330 e. The molecule has 1 saturated heterocycles. The molecule has 202 valence electrons. The summed E-state index contributed by atoms with van der Waals surface area (Å²) in [5, 5.41) is 10.4. The first kappa shape index (κ1) is 26.6. The Labute approximate surface area is 225 Å². The summed E-state index contributed by atoms with van der Waals surface area (Å²) in [6.45, 7) is -0.387. The fourth-order valence-electron chi connectivity index (χ4n) is 5.18. The van der Waals surface area contributed by atoms with E-state index >= 15 is 0 Å². The number of ether oxygens (including phenoxy) is 4. The van der Waals surface area contributed by atoms with E-state index < -0.39 is 41.4 Å². The number of methoxy groups -OCH3 is 2. The van der Waals surface area contributed by atoms with Gasteiger partial charge in [-0.2, -0.15) is 0 Å². The number of aliphatic hydroxyl groups is 1. The van der Waals surface area contributed by atoms with Crippen LogP contribution in [0.25, 0.3) is 0 Å². The van der Waals surface area contributed by atoms with Gasteiger partial charge in [-0.1, -0.05) is 72.8 Å². The zero-order chi connectivity index (χ0) is 27.4. The van der Waals surface area contributed by atoms with Gasteiger partial charge in [0.1, 0.15) is 29.7 Å². The molecule has 39 heavy (non-hydrogen) atoms. The summed E-state index contributed by atoms with van der Waals surface area (Å²) >= 11 is 0. The van der Waals surface area contributed by atoms with Gasteiger partial charge in [-0.25, -0.2) is 4.79 Å². The number of hydrogen-bond acceptors (Lipinski definition) is 7. The predicted octanol–water partition coefficient (Wildman–Crippen LogP) is 2.83. The van der Waals surface area contributed by atoms with Crippen molar-refractivity contribution in [2.45, 2.75) is 30.1 Å². The Bertz CT molecular complexity index is 1450. The molecule has 0 bridgehead atoms. The lowest BCUT2D eigenvalue weighted by atomic mass is 9.79. The Kier molecular flexibility index (Phi) is 7.76. The minimum absolute atomic E-state index is 0.387. The van der Waals surface area contributed by atoms with Crippen molar-refractivity contribution in [3.8, 4) is 5.75 Å². The highest BCUT2D eigenvalue weighted by Crippen LogP contribution is 2.45. The first-order valence-corrected chi connectivity index (χ1v) is 12.6. The van der Waals surface area contributed by atoms with Crippen molar-refractivity contribution < 1.29 is 24.1 Å². The van der Waals surface area contributed by atoms with Gasteiger partial charge in [0.05, 0.1) is 13.7 Å². The first-order valence-electron chi connectivity index (χ1n) is 12.6. The topological polar surface area (TPSA) is 112 Å². The third kappa shape index (κ3) is 4.93. The first-order chi connectivity index (χ1) is 19.0. The molecule has 2 N–H and O–H groups in total.